The molecule has 1 saturated heterocycles. The van der Waals surface area contributed by atoms with Crippen LogP contribution in [0.2, 0.25) is 0 Å². The van der Waals surface area contributed by atoms with Gasteiger partial charge in [-0.25, -0.2) is 9.67 Å². The van der Waals surface area contributed by atoms with Gasteiger partial charge in [-0.3, -0.25) is 4.79 Å². The third-order valence-corrected chi connectivity index (χ3v) is 6.41. The second-order valence-corrected chi connectivity index (χ2v) is 10.6. The normalized spacial score (nSPS) is 23.1. The lowest BCUT2D eigenvalue weighted by Gasteiger charge is -2.41. The summed E-state index contributed by atoms with van der Waals surface area (Å²) < 4.78 is 2.00. The van der Waals surface area contributed by atoms with Crippen molar-refractivity contribution in [3.05, 3.63) is 35.7 Å². The van der Waals surface area contributed by atoms with Gasteiger partial charge in [0.1, 0.15) is 0 Å². The molecule has 2 aromatic heterocycles. The van der Waals surface area contributed by atoms with E-state index in [0.717, 1.165) is 62.0 Å². The van der Waals surface area contributed by atoms with Gasteiger partial charge in [-0.05, 0) is 65.5 Å². The Hall–Kier alpha value is -2.21. The molecule has 4 rings (SSSR count). The molecule has 168 valence electrons. The molecule has 1 amide bonds. The summed E-state index contributed by atoms with van der Waals surface area (Å²) in [6, 6.07) is 4.25. The van der Waals surface area contributed by atoms with Crippen LogP contribution in [0.3, 0.4) is 0 Å². The van der Waals surface area contributed by atoms with E-state index < -0.39 is 0 Å². The molecule has 2 aromatic rings. The van der Waals surface area contributed by atoms with Gasteiger partial charge in [0, 0.05) is 54.1 Å². The first-order valence-corrected chi connectivity index (χ1v) is 11.8. The van der Waals surface area contributed by atoms with E-state index in [-0.39, 0.29) is 17.0 Å². The molecular formula is C25H37N5O. The Kier molecular flexibility index (Phi) is 5.95. The number of hydrogen-bond acceptors (Lipinski definition) is 4. The van der Waals surface area contributed by atoms with Crippen LogP contribution >= 0.6 is 0 Å². The summed E-state index contributed by atoms with van der Waals surface area (Å²) in [7, 11) is 0. The molecule has 31 heavy (non-hydrogen) atoms. The lowest BCUT2D eigenvalue weighted by molar-refractivity contribution is -0.131. The molecule has 0 aromatic carbocycles. The maximum Gasteiger partial charge on any atom is 0.226 e. The molecule has 6 heteroatoms. The van der Waals surface area contributed by atoms with E-state index in [1.807, 2.05) is 10.9 Å². The number of rotatable bonds is 5. The summed E-state index contributed by atoms with van der Waals surface area (Å²) >= 11 is 0. The Balaban J connectivity index is 1.47. The lowest BCUT2D eigenvalue weighted by atomic mass is 9.82. The second-order valence-electron chi connectivity index (χ2n) is 10.6. The molecule has 1 N–H and O–H groups in total. The highest BCUT2D eigenvalue weighted by Crippen LogP contribution is 2.31. The molecule has 2 aliphatic heterocycles. The Morgan fingerprint density at radius 3 is 2.81 bits per heavy atom. The number of pyridine rings is 1. The van der Waals surface area contributed by atoms with E-state index in [4.69, 9.17) is 4.98 Å². The minimum atomic E-state index is -0.0808. The van der Waals surface area contributed by atoms with Gasteiger partial charge in [0.25, 0.3) is 0 Å². The fraction of sp³-hybridized carbons (Fsp3) is 0.640. The van der Waals surface area contributed by atoms with Crippen LogP contribution in [0.25, 0.3) is 11.0 Å². The fourth-order valence-corrected chi connectivity index (χ4v) is 5.52. The standard InChI is InChI=1S/C25H37N5O/c1-6-11-30-23-19(16-26-30)9-10-21(27-23)20-8-7-12-29(17-20)22(31)13-18-14-24(2,3)28-25(4,5)15-18/h9-10,14,16,20,28H,6-8,11-13,15,17H2,1-5H3. The maximum atomic E-state index is 13.2. The van der Waals surface area contributed by atoms with E-state index in [9.17, 15) is 4.79 Å². The number of piperidine rings is 1. The molecule has 4 heterocycles. The van der Waals surface area contributed by atoms with Crippen molar-refractivity contribution < 1.29 is 4.79 Å². The van der Waals surface area contributed by atoms with Gasteiger partial charge in [-0.1, -0.05) is 18.6 Å². The number of carbonyl (C=O) groups excluding carboxylic acids is 1. The number of nitrogens with one attached hydrogen (secondary N) is 1. The maximum absolute atomic E-state index is 13.2. The molecule has 1 atom stereocenters. The Bertz CT molecular complexity index is 987. The van der Waals surface area contributed by atoms with Crippen molar-refractivity contribution in [1.29, 1.82) is 0 Å². The first-order valence-electron chi connectivity index (χ1n) is 11.8. The molecular weight excluding hydrogens is 386 g/mol. The van der Waals surface area contributed by atoms with Crippen LogP contribution < -0.4 is 5.32 Å². The number of aryl methyl sites for hydroxylation is 1. The first kappa shape index (κ1) is 22.0. The van der Waals surface area contributed by atoms with Crippen molar-refractivity contribution in [3.8, 4) is 0 Å². The smallest absolute Gasteiger partial charge is 0.226 e. The quantitative estimate of drug-likeness (QED) is 0.724. The molecule has 1 fully saturated rings. The lowest BCUT2D eigenvalue weighted by Crippen LogP contribution is -2.54. The van der Waals surface area contributed by atoms with Crippen molar-refractivity contribution in [3.63, 3.8) is 0 Å². The zero-order valence-corrected chi connectivity index (χ0v) is 19.7. The number of amides is 1. The summed E-state index contributed by atoms with van der Waals surface area (Å²) in [6.07, 6.45) is 8.73. The average Bonchev–Trinajstić information content (AvgIpc) is 3.08. The van der Waals surface area contributed by atoms with Gasteiger partial charge in [-0.2, -0.15) is 5.10 Å². The van der Waals surface area contributed by atoms with Gasteiger partial charge in [0.2, 0.25) is 5.91 Å². The number of nitrogens with zero attached hydrogens (tertiary/aromatic N) is 4. The molecule has 1 unspecified atom stereocenters. The molecule has 0 radical (unpaired) electrons. The van der Waals surface area contributed by atoms with E-state index in [2.05, 4.69) is 68.1 Å². The van der Waals surface area contributed by atoms with E-state index >= 15 is 0 Å². The van der Waals surface area contributed by atoms with Crippen LogP contribution in [-0.2, 0) is 11.3 Å². The number of fused-ring (bicyclic) bond motifs is 1. The van der Waals surface area contributed by atoms with Crippen molar-refractivity contribution in [2.24, 2.45) is 0 Å². The van der Waals surface area contributed by atoms with Crippen LogP contribution in [0.1, 0.15) is 78.3 Å². The third-order valence-electron chi connectivity index (χ3n) is 6.41. The van der Waals surface area contributed by atoms with E-state index in [1.54, 1.807) is 0 Å². The number of carbonyl (C=O) groups is 1. The van der Waals surface area contributed by atoms with E-state index in [1.165, 1.54) is 5.57 Å². The molecule has 0 aliphatic carbocycles. The van der Waals surface area contributed by atoms with Crippen LogP contribution in [-0.4, -0.2) is 49.7 Å². The summed E-state index contributed by atoms with van der Waals surface area (Å²) in [4.78, 5) is 20.2. The highest BCUT2D eigenvalue weighted by atomic mass is 16.2. The number of likely N-dealkylation sites (tertiary alicyclic amines) is 1. The molecule has 0 saturated carbocycles. The largest absolute Gasteiger partial charge is 0.342 e. The molecule has 6 nitrogen and oxygen atoms in total. The molecule has 0 spiro atoms. The number of hydrogen-bond donors (Lipinski definition) is 1. The predicted octanol–water partition coefficient (Wildman–Crippen LogP) is 4.41. The molecule has 2 aliphatic rings. The summed E-state index contributed by atoms with van der Waals surface area (Å²) in [5.74, 6) is 0.545. The third kappa shape index (κ3) is 5.00. The second kappa shape index (κ2) is 8.38. The van der Waals surface area contributed by atoms with Crippen molar-refractivity contribution in [2.45, 2.75) is 90.3 Å². The average molecular weight is 424 g/mol. The van der Waals surface area contributed by atoms with E-state index in [0.29, 0.717) is 12.3 Å². The van der Waals surface area contributed by atoms with Crippen LogP contribution in [0.4, 0.5) is 0 Å². The zero-order valence-electron chi connectivity index (χ0n) is 19.7. The van der Waals surface area contributed by atoms with Gasteiger partial charge in [-0.15, -0.1) is 0 Å². The minimum absolute atomic E-state index is 0.0130. The minimum Gasteiger partial charge on any atom is -0.342 e. The van der Waals surface area contributed by atoms with Gasteiger partial charge >= 0.3 is 0 Å². The summed E-state index contributed by atoms with van der Waals surface area (Å²) in [5.41, 5.74) is 3.24. The monoisotopic (exact) mass is 423 g/mol. The van der Waals surface area contributed by atoms with Crippen molar-refractivity contribution in [1.82, 2.24) is 25.0 Å². The van der Waals surface area contributed by atoms with Crippen molar-refractivity contribution >= 4 is 16.9 Å². The first-order chi connectivity index (χ1) is 14.7. The van der Waals surface area contributed by atoms with Crippen molar-refractivity contribution in [2.75, 3.05) is 13.1 Å². The SMILES string of the molecule is CCCn1ncc2ccc(C3CCCN(C(=O)CC4=CC(C)(C)NC(C)(C)C4)C3)nc21. The molecule has 0 bridgehead atoms. The topological polar surface area (TPSA) is 63.1 Å². The fourth-order valence-electron chi connectivity index (χ4n) is 5.52. The van der Waals surface area contributed by atoms with Gasteiger partial charge in [0.05, 0.1) is 6.20 Å². The Morgan fingerprint density at radius 1 is 1.26 bits per heavy atom. The highest BCUT2D eigenvalue weighted by molar-refractivity contribution is 5.79. The Labute approximate surface area is 186 Å². The van der Waals surface area contributed by atoms with Gasteiger partial charge in [0.15, 0.2) is 5.65 Å². The van der Waals surface area contributed by atoms with Crippen LogP contribution in [0.15, 0.2) is 30.0 Å². The van der Waals surface area contributed by atoms with Crippen LogP contribution in [0, 0.1) is 0 Å². The number of aromatic nitrogens is 3. The van der Waals surface area contributed by atoms with Crippen LogP contribution in [0.5, 0.6) is 0 Å². The summed E-state index contributed by atoms with van der Waals surface area (Å²) in [5, 5.41) is 9.22. The Morgan fingerprint density at radius 2 is 2.06 bits per heavy atom. The van der Waals surface area contributed by atoms with Gasteiger partial charge < -0.3 is 10.2 Å². The predicted molar refractivity (Wildman–Crippen MR) is 125 cm³/mol. The summed E-state index contributed by atoms with van der Waals surface area (Å²) in [6.45, 7) is 13.4. The zero-order chi connectivity index (χ0) is 22.2. The highest BCUT2D eigenvalue weighted by Gasteiger charge is 2.34.